The molecule has 1 N–H and O–H groups in total. The van der Waals surface area contributed by atoms with Crippen LogP contribution >= 0.6 is 0 Å². The molecule has 158 valence electrons. The largest absolute Gasteiger partial charge is 0.573 e. The molecule has 7 nitrogen and oxygen atoms in total. The molecule has 2 amide bonds. The lowest BCUT2D eigenvalue weighted by molar-refractivity contribution is -0.274. The van der Waals surface area contributed by atoms with Crippen molar-refractivity contribution < 1.29 is 32.2 Å². The fourth-order valence-electron chi connectivity index (χ4n) is 2.85. The van der Waals surface area contributed by atoms with E-state index < -0.39 is 30.0 Å². The van der Waals surface area contributed by atoms with Crippen molar-refractivity contribution in [2.24, 2.45) is 11.0 Å². The summed E-state index contributed by atoms with van der Waals surface area (Å²) in [6.07, 6.45) is -4.80. The maximum Gasteiger partial charge on any atom is 0.573 e. The van der Waals surface area contributed by atoms with Gasteiger partial charge in [-0.1, -0.05) is 30.3 Å². The van der Waals surface area contributed by atoms with E-state index >= 15 is 0 Å². The Kier molecular flexibility index (Phi) is 6.24. The highest BCUT2D eigenvalue weighted by Gasteiger charge is 2.37. The minimum atomic E-state index is -4.80. The van der Waals surface area contributed by atoms with Crippen LogP contribution in [0.5, 0.6) is 5.75 Å². The first kappa shape index (κ1) is 21.2. The number of carbonyl (C=O) groups is 2. The third-order valence-electron chi connectivity index (χ3n) is 4.13. The summed E-state index contributed by atoms with van der Waals surface area (Å²) in [5, 5.41) is 7.88. The van der Waals surface area contributed by atoms with E-state index in [-0.39, 0.29) is 18.8 Å². The van der Waals surface area contributed by atoms with E-state index in [9.17, 15) is 22.8 Å². The van der Waals surface area contributed by atoms with Gasteiger partial charge >= 0.3 is 18.4 Å². The Labute approximate surface area is 170 Å². The molecule has 0 saturated carbocycles. The van der Waals surface area contributed by atoms with Crippen molar-refractivity contribution in [2.75, 3.05) is 18.5 Å². The molecular weight excluding hydrogens is 403 g/mol. The highest BCUT2D eigenvalue weighted by Crippen LogP contribution is 2.25. The number of esters is 1. The van der Waals surface area contributed by atoms with Crippen LogP contribution in [0.25, 0.3) is 0 Å². The van der Waals surface area contributed by atoms with Gasteiger partial charge in [0, 0.05) is 5.69 Å². The van der Waals surface area contributed by atoms with Gasteiger partial charge in [0.2, 0.25) is 0 Å². The summed E-state index contributed by atoms with van der Waals surface area (Å²) in [6, 6.07) is 13.0. The third-order valence-corrected chi connectivity index (χ3v) is 4.13. The lowest BCUT2D eigenvalue weighted by atomic mass is 9.98. The van der Waals surface area contributed by atoms with Crippen LogP contribution in [0.2, 0.25) is 0 Å². The number of carbonyl (C=O) groups excluding carboxylic acids is 2. The average molecular weight is 421 g/mol. The molecule has 30 heavy (non-hydrogen) atoms. The van der Waals surface area contributed by atoms with Gasteiger partial charge in [-0.2, -0.15) is 5.10 Å². The highest BCUT2D eigenvalue weighted by atomic mass is 19.4. The molecule has 0 saturated heterocycles. The summed E-state index contributed by atoms with van der Waals surface area (Å²) < 4.78 is 45.6. The Hall–Kier alpha value is -3.56. The normalized spacial score (nSPS) is 16.1. The second-order valence-electron chi connectivity index (χ2n) is 6.24. The molecule has 0 fully saturated rings. The van der Waals surface area contributed by atoms with Crippen molar-refractivity contribution in [1.29, 1.82) is 0 Å². The van der Waals surface area contributed by atoms with Crippen LogP contribution < -0.4 is 10.1 Å². The maximum absolute atomic E-state index is 12.6. The number of hydrazone groups is 1. The minimum absolute atomic E-state index is 0.0236. The maximum atomic E-state index is 12.6. The zero-order valence-corrected chi connectivity index (χ0v) is 15.8. The molecule has 1 aliphatic heterocycles. The molecule has 10 heteroatoms. The molecule has 1 unspecified atom stereocenters. The van der Waals surface area contributed by atoms with Gasteiger partial charge in [0.1, 0.15) is 11.7 Å². The van der Waals surface area contributed by atoms with Crippen LogP contribution in [0.15, 0.2) is 59.7 Å². The lowest BCUT2D eigenvalue weighted by Gasteiger charge is -2.15. The Morgan fingerprint density at radius 2 is 1.80 bits per heavy atom. The highest BCUT2D eigenvalue weighted by molar-refractivity contribution is 6.14. The first-order valence-electron chi connectivity index (χ1n) is 9.01. The average Bonchev–Trinajstić information content (AvgIpc) is 3.15. The Morgan fingerprint density at radius 3 is 2.40 bits per heavy atom. The van der Waals surface area contributed by atoms with Gasteiger partial charge in [-0.05, 0) is 36.8 Å². The number of anilines is 1. The molecule has 0 radical (unpaired) electrons. The molecule has 1 heterocycles. The van der Waals surface area contributed by atoms with E-state index in [1.165, 1.54) is 12.1 Å². The summed E-state index contributed by atoms with van der Waals surface area (Å²) in [5.41, 5.74) is 1.32. The van der Waals surface area contributed by atoms with Crippen molar-refractivity contribution in [3.05, 3.63) is 60.2 Å². The summed E-state index contributed by atoms with van der Waals surface area (Å²) in [7, 11) is 0. The molecule has 0 spiro atoms. The Morgan fingerprint density at radius 1 is 1.13 bits per heavy atom. The smallest absolute Gasteiger partial charge is 0.465 e. The van der Waals surface area contributed by atoms with Crippen LogP contribution in [0, 0.1) is 5.92 Å². The van der Waals surface area contributed by atoms with Gasteiger partial charge in [-0.25, -0.2) is 9.80 Å². The van der Waals surface area contributed by atoms with E-state index in [2.05, 4.69) is 15.2 Å². The molecule has 1 atom stereocenters. The first-order chi connectivity index (χ1) is 14.3. The van der Waals surface area contributed by atoms with Crippen LogP contribution in [-0.2, 0) is 9.53 Å². The van der Waals surface area contributed by atoms with Crippen molar-refractivity contribution >= 4 is 23.4 Å². The number of rotatable bonds is 5. The van der Waals surface area contributed by atoms with Crippen molar-refractivity contribution in [3.63, 3.8) is 0 Å². The molecule has 0 aliphatic carbocycles. The fourth-order valence-corrected chi connectivity index (χ4v) is 2.85. The quantitative estimate of drug-likeness (QED) is 0.740. The van der Waals surface area contributed by atoms with Crippen LogP contribution in [-0.4, -0.2) is 42.2 Å². The van der Waals surface area contributed by atoms with Crippen molar-refractivity contribution in [1.82, 2.24) is 5.01 Å². The number of halogens is 3. The number of hydrogen-bond acceptors (Lipinski definition) is 5. The van der Waals surface area contributed by atoms with E-state index in [4.69, 9.17) is 4.74 Å². The second kappa shape index (κ2) is 8.85. The summed E-state index contributed by atoms with van der Waals surface area (Å²) in [5.74, 6) is -1.65. The van der Waals surface area contributed by atoms with Crippen LogP contribution in [0.4, 0.5) is 23.7 Å². The number of urea groups is 1. The first-order valence-corrected chi connectivity index (χ1v) is 9.01. The van der Waals surface area contributed by atoms with Gasteiger partial charge < -0.3 is 14.8 Å². The number of hydrogen-bond donors (Lipinski definition) is 1. The lowest BCUT2D eigenvalue weighted by Crippen LogP contribution is -2.34. The third kappa shape index (κ3) is 5.28. The molecule has 2 aromatic rings. The zero-order chi connectivity index (χ0) is 21.7. The monoisotopic (exact) mass is 421 g/mol. The van der Waals surface area contributed by atoms with E-state index in [0.29, 0.717) is 11.3 Å². The van der Waals surface area contributed by atoms with Crippen LogP contribution in [0.1, 0.15) is 12.5 Å². The summed E-state index contributed by atoms with van der Waals surface area (Å²) >= 11 is 0. The number of alkyl halides is 3. The standard InChI is InChI=1S/C20H18F3N3O4/c1-2-29-18(27)16-12-26(25-17(16)13-6-4-3-5-7-13)19(28)24-14-8-10-15(11-9-14)30-20(21,22)23/h3-11,16H,2,12H2,1H3,(H,24,28). The molecular formula is C20H18F3N3O4. The van der Waals surface area contributed by atoms with Crippen LogP contribution in [0.3, 0.4) is 0 Å². The van der Waals surface area contributed by atoms with E-state index in [0.717, 1.165) is 17.1 Å². The van der Waals surface area contributed by atoms with Gasteiger partial charge in [-0.3, -0.25) is 4.79 Å². The zero-order valence-electron chi connectivity index (χ0n) is 15.8. The predicted octanol–water partition coefficient (Wildman–Crippen LogP) is 4.02. The van der Waals surface area contributed by atoms with Gasteiger partial charge in [-0.15, -0.1) is 13.2 Å². The van der Waals surface area contributed by atoms with Gasteiger partial charge in [0.25, 0.3) is 0 Å². The van der Waals surface area contributed by atoms with Gasteiger partial charge in [0.05, 0.1) is 18.9 Å². The molecule has 0 bridgehead atoms. The Balaban J connectivity index is 1.74. The number of ether oxygens (including phenoxy) is 2. The molecule has 3 rings (SSSR count). The van der Waals surface area contributed by atoms with Crippen molar-refractivity contribution in [2.45, 2.75) is 13.3 Å². The summed E-state index contributed by atoms with van der Waals surface area (Å²) in [6.45, 7) is 1.85. The number of amides is 2. The molecule has 2 aromatic carbocycles. The number of benzene rings is 2. The number of nitrogens with one attached hydrogen (secondary N) is 1. The van der Waals surface area contributed by atoms with E-state index in [1.807, 2.05) is 6.07 Å². The topological polar surface area (TPSA) is 80.2 Å². The van der Waals surface area contributed by atoms with Crippen molar-refractivity contribution in [3.8, 4) is 5.75 Å². The molecule has 0 aromatic heterocycles. The SMILES string of the molecule is CCOC(=O)C1CN(C(=O)Nc2ccc(OC(F)(F)F)cc2)N=C1c1ccccc1. The number of nitrogens with zero attached hydrogens (tertiary/aromatic N) is 2. The van der Waals surface area contributed by atoms with Gasteiger partial charge in [0.15, 0.2) is 0 Å². The predicted molar refractivity (Wildman–Crippen MR) is 102 cm³/mol. The summed E-state index contributed by atoms with van der Waals surface area (Å²) in [4.78, 5) is 24.9. The van der Waals surface area contributed by atoms with E-state index in [1.54, 1.807) is 31.2 Å². The second-order valence-corrected chi connectivity index (χ2v) is 6.24. The minimum Gasteiger partial charge on any atom is -0.465 e. The fraction of sp³-hybridized carbons (Fsp3) is 0.250. The Bertz CT molecular complexity index is 931. The molecule has 1 aliphatic rings.